The molecular weight excluding hydrogens is 359 g/mol. The Morgan fingerprint density at radius 1 is 1.43 bits per heavy atom. The third-order valence-electron chi connectivity index (χ3n) is 4.04. The average Bonchev–Trinajstić information content (AvgIpc) is 2.98. The van der Waals surface area contributed by atoms with E-state index in [-0.39, 0.29) is 5.91 Å². The topological polar surface area (TPSA) is 98.2 Å². The first-order valence-corrected chi connectivity index (χ1v) is 10.4. The molecule has 7 nitrogen and oxygen atoms in total. The first-order chi connectivity index (χ1) is 10.6. The number of thiophene rings is 1. The van der Waals surface area contributed by atoms with Crippen LogP contribution in [0.4, 0.5) is 5.00 Å². The second-order valence-electron chi connectivity index (χ2n) is 6.11. The molecule has 10 heteroatoms. The van der Waals surface area contributed by atoms with Gasteiger partial charge in [-0.3, -0.25) is 19.1 Å². The molecule has 0 aromatic carbocycles. The molecule has 2 aliphatic rings. The average molecular weight is 376 g/mol. The molecule has 0 radical (unpaired) electrons. The molecule has 126 valence electrons. The molecule has 23 heavy (non-hydrogen) atoms. The van der Waals surface area contributed by atoms with Crippen LogP contribution >= 0.6 is 30.7 Å². The molecule has 2 saturated heterocycles. The van der Waals surface area contributed by atoms with Gasteiger partial charge < -0.3 is 14.7 Å². The van der Waals surface area contributed by atoms with Crippen LogP contribution in [0.1, 0.15) is 20.8 Å². The van der Waals surface area contributed by atoms with Crippen LogP contribution in [0, 0.1) is 0 Å². The predicted molar refractivity (Wildman–Crippen MR) is 89.4 cm³/mol. The summed E-state index contributed by atoms with van der Waals surface area (Å²) in [6, 6.07) is 2.83. The Morgan fingerprint density at radius 3 is 2.57 bits per heavy atom. The zero-order valence-electron chi connectivity index (χ0n) is 12.7. The van der Waals surface area contributed by atoms with E-state index in [1.54, 1.807) is 26.0 Å². The maximum Gasteiger partial charge on any atom is 0.349 e. The predicted octanol–water partition coefficient (Wildman–Crippen LogP) is 1.67. The van der Waals surface area contributed by atoms with Crippen molar-refractivity contribution in [2.75, 3.05) is 4.90 Å². The van der Waals surface area contributed by atoms with E-state index >= 15 is 0 Å². The van der Waals surface area contributed by atoms with Crippen LogP contribution in [-0.2, 0) is 14.2 Å². The van der Waals surface area contributed by atoms with Gasteiger partial charge in [-0.25, -0.2) is 0 Å². The van der Waals surface area contributed by atoms with Crippen molar-refractivity contribution in [1.29, 1.82) is 0 Å². The van der Waals surface area contributed by atoms with Gasteiger partial charge >= 0.3 is 7.60 Å². The van der Waals surface area contributed by atoms with Crippen molar-refractivity contribution in [2.24, 2.45) is 0 Å². The highest BCUT2D eigenvalue weighted by Crippen LogP contribution is 2.63. The molecule has 3 heterocycles. The van der Waals surface area contributed by atoms with E-state index in [4.69, 9.17) is 0 Å². The monoisotopic (exact) mass is 376 g/mol. The summed E-state index contributed by atoms with van der Waals surface area (Å²) in [6.07, 6.45) is 0. The van der Waals surface area contributed by atoms with Crippen LogP contribution in [0.3, 0.4) is 0 Å². The zero-order chi connectivity index (χ0) is 17.2. The first kappa shape index (κ1) is 17.0. The molecule has 2 aliphatic heterocycles. The molecule has 2 N–H and O–H groups in total. The minimum absolute atomic E-state index is 0.261. The lowest BCUT2D eigenvalue weighted by Crippen LogP contribution is -2.70. The molecular formula is C13H17N2O5PS2. The van der Waals surface area contributed by atoms with Gasteiger partial charge in [-0.15, -0.1) is 23.1 Å². The number of thioether (sulfide) groups is 1. The van der Waals surface area contributed by atoms with Crippen molar-refractivity contribution >= 4 is 47.5 Å². The summed E-state index contributed by atoms with van der Waals surface area (Å²) in [5.74, 6) is -1.83. The van der Waals surface area contributed by atoms with E-state index in [0.29, 0.717) is 5.00 Å². The minimum Gasteiger partial charge on any atom is -0.323 e. The van der Waals surface area contributed by atoms with Crippen LogP contribution < -0.4 is 4.90 Å². The molecule has 1 aromatic heterocycles. The van der Waals surface area contributed by atoms with Crippen molar-refractivity contribution in [2.45, 2.75) is 42.7 Å². The minimum atomic E-state index is -4.47. The Labute approximate surface area is 141 Å². The number of hydrogen-bond donors (Lipinski definition) is 2. The van der Waals surface area contributed by atoms with Crippen molar-refractivity contribution in [3.05, 3.63) is 17.5 Å². The van der Waals surface area contributed by atoms with Crippen LogP contribution in [0.15, 0.2) is 17.5 Å². The number of carbonyl (C=O) groups excluding carboxylic acids is 2. The van der Waals surface area contributed by atoms with Gasteiger partial charge in [-0.1, -0.05) is 0 Å². The number of fused-ring (bicyclic) bond motifs is 1. The van der Waals surface area contributed by atoms with Gasteiger partial charge in [0.05, 0.1) is 5.00 Å². The number of hydrogen-bond acceptors (Lipinski definition) is 5. The summed E-state index contributed by atoms with van der Waals surface area (Å²) in [5.41, 5.74) is 0. The van der Waals surface area contributed by atoms with Gasteiger partial charge in [-0.05, 0) is 31.4 Å². The Bertz CT molecular complexity index is 701. The summed E-state index contributed by atoms with van der Waals surface area (Å²) in [7, 11) is -4.47. The molecule has 2 unspecified atom stereocenters. The number of carbonyl (C=O) groups is 2. The summed E-state index contributed by atoms with van der Waals surface area (Å²) >= 11 is 2.68. The quantitative estimate of drug-likeness (QED) is 0.615. The molecule has 3 rings (SSSR count). The molecule has 1 aromatic rings. The number of nitrogens with zero attached hydrogens (tertiary/aromatic N) is 2. The fourth-order valence-electron chi connectivity index (χ4n) is 3.26. The first-order valence-electron chi connectivity index (χ1n) is 6.94. The van der Waals surface area contributed by atoms with Gasteiger partial charge in [0.15, 0.2) is 0 Å². The van der Waals surface area contributed by atoms with Crippen molar-refractivity contribution in [3.8, 4) is 0 Å². The van der Waals surface area contributed by atoms with E-state index in [2.05, 4.69) is 0 Å². The molecule has 0 aliphatic carbocycles. The van der Waals surface area contributed by atoms with E-state index in [1.165, 1.54) is 39.8 Å². The smallest absolute Gasteiger partial charge is 0.323 e. The Balaban J connectivity index is 1.96. The lowest BCUT2D eigenvalue weighted by Gasteiger charge is -2.48. The van der Waals surface area contributed by atoms with Gasteiger partial charge in [0.1, 0.15) is 17.2 Å². The molecule has 2 fully saturated rings. The van der Waals surface area contributed by atoms with Crippen LogP contribution in [0.25, 0.3) is 0 Å². The summed E-state index contributed by atoms with van der Waals surface area (Å²) in [5, 5.41) is 2.03. The highest BCUT2D eigenvalue weighted by Gasteiger charge is 2.67. The fraction of sp³-hybridized carbons (Fsp3) is 0.538. The van der Waals surface area contributed by atoms with Gasteiger partial charge in [-0.2, -0.15) is 0 Å². The Morgan fingerprint density at radius 2 is 2.09 bits per heavy atom. The van der Waals surface area contributed by atoms with E-state index in [0.717, 1.165) is 0 Å². The molecule has 3 atom stereocenters. The number of β-lactam (4-membered cyclic amide) rings is 1. The van der Waals surface area contributed by atoms with Crippen molar-refractivity contribution in [3.63, 3.8) is 0 Å². The SMILES string of the molecule is CC(=O)N(c1cccs1)C1C(=O)N2C(P(=O)(O)O)C(C)(C)S[C@H]12. The lowest BCUT2D eigenvalue weighted by molar-refractivity contribution is -0.147. The molecule has 0 saturated carbocycles. The van der Waals surface area contributed by atoms with Gasteiger partial charge in [0.2, 0.25) is 5.91 Å². The second kappa shape index (κ2) is 5.32. The van der Waals surface area contributed by atoms with Crippen LogP contribution in [0.2, 0.25) is 0 Å². The number of rotatable bonds is 3. The third-order valence-corrected chi connectivity index (χ3v) is 8.17. The highest BCUT2D eigenvalue weighted by molar-refractivity contribution is 8.02. The van der Waals surface area contributed by atoms with Crippen LogP contribution in [0.5, 0.6) is 0 Å². The molecule has 0 spiro atoms. The summed E-state index contributed by atoms with van der Waals surface area (Å²) < 4.78 is 11.0. The standard InChI is InChI=1S/C13H17N2O5PS2/c1-7(16)14(8-5-4-6-22-8)9-10(17)15-11(9)23-13(2,3)12(15)21(18,19)20/h4-6,9,11-12H,1-3H3,(H2,18,19,20)/t9?,11-,12?/m1/s1. The normalized spacial score (nSPS) is 29.2. The molecule has 2 amide bonds. The largest absolute Gasteiger partial charge is 0.349 e. The third kappa shape index (κ3) is 2.55. The maximum absolute atomic E-state index is 12.6. The Hall–Kier alpha value is -0.860. The number of anilines is 1. The zero-order valence-corrected chi connectivity index (χ0v) is 15.3. The Kier molecular flexibility index (Phi) is 3.93. The van der Waals surface area contributed by atoms with Crippen molar-refractivity contribution < 1.29 is 23.9 Å². The highest BCUT2D eigenvalue weighted by atomic mass is 32.2. The van der Waals surface area contributed by atoms with Gasteiger partial charge in [0, 0.05) is 11.7 Å². The van der Waals surface area contributed by atoms with Crippen LogP contribution in [-0.4, -0.2) is 48.4 Å². The summed E-state index contributed by atoms with van der Waals surface area (Å²) in [4.78, 5) is 46.6. The van der Waals surface area contributed by atoms with E-state index in [1.807, 2.05) is 5.38 Å². The fourth-order valence-corrected chi connectivity index (χ4v) is 7.71. The maximum atomic E-state index is 12.6. The molecule has 0 bridgehead atoms. The van der Waals surface area contributed by atoms with Crippen molar-refractivity contribution in [1.82, 2.24) is 4.90 Å². The summed E-state index contributed by atoms with van der Waals surface area (Å²) in [6.45, 7) is 4.82. The number of amides is 2. The lowest BCUT2D eigenvalue weighted by atomic mass is 10.0. The van der Waals surface area contributed by atoms with Gasteiger partial charge in [0.25, 0.3) is 5.91 Å². The van der Waals surface area contributed by atoms with E-state index < -0.39 is 35.4 Å². The second-order valence-corrected chi connectivity index (χ2v) is 10.5. The van der Waals surface area contributed by atoms with E-state index in [9.17, 15) is 23.9 Å².